The molecule has 2 heterocycles. The van der Waals surface area contributed by atoms with Gasteiger partial charge in [0.1, 0.15) is 0 Å². The van der Waals surface area contributed by atoms with Crippen molar-refractivity contribution >= 4 is 5.91 Å². The largest absolute Gasteiger partial charge is 0.392 e. The zero-order chi connectivity index (χ0) is 14.9. The van der Waals surface area contributed by atoms with Crippen molar-refractivity contribution in [3.63, 3.8) is 0 Å². The second kappa shape index (κ2) is 5.81. The molecule has 2 fully saturated rings. The minimum absolute atomic E-state index is 0.112. The van der Waals surface area contributed by atoms with Gasteiger partial charge in [-0.1, -0.05) is 0 Å². The molecule has 5 nitrogen and oxygen atoms in total. The number of likely N-dealkylation sites (tertiary alicyclic amines) is 1. The molecule has 0 radical (unpaired) electrons. The maximum atomic E-state index is 12.3. The normalized spacial score (nSPS) is 27.6. The van der Waals surface area contributed by atoms with Crippen LogP contribution in [0.5, 0.6) is 0 Å². The fraction of sp³-hybridized carbons (Fsp3) is 0.688. The lowest BCUT2D eigenvalue weighted by Crippen LogP contribution is -2.62. The number of nitrogens with zero attached hydrogens (tertiary/aromatic N) is 1. The molecule has 1 aliphatic carbocycles. The SMILES string of the molecule is CCOC1CC(O)C12CCN(C(=O)Cc1ccc[nH]1)CC2. The van der Waals surface area contributed by atoms with Gasteiger partial charge in [-0.15, -0.1) is 0 Å². The van der Waals surface area contributed by atoms with E-state index in [1.54, 1.807) is 0 Å². The Morgan fingerprint density at radius 3 is 2.86 bits per heavy atom. The van der Waals surface area contributed by atoms with Crippen LogP contribution in [-0.4, -0.2) is 52.8 Å². The molecule has 2 N–H and O–H groups in total. The maximum Gasteiger partial charge on any atom is 0.228 e. The second-order valence-electron chi connectivity index (χ2n) is 6.18. The van der Waals surface area contributed by atoms with E-state index in [2.05, 4.69) is 4.98 Å². The molecule has 3 rings (SSSR count). The molecule has 1 aromatic rings. The first kappa shape index (κ1) is 14.6. The summed E-state index contributed by atoms with van der Waals surface area (Å²) < 4.78 is 5.75. The number of rotatable bonds is 4. The average Bonchev–Trinajstić information content (AvgIpc) is 3.00. The zero-order valence-electron chi connectivity index (χ0n) is 12.5. The van der Waals surface area contributed by atoms with Crippen LogP contribution >= 0.6 is 0 Å². The summed E-state index contributed by atoms with van der Waals surface area (Å²) in [6, 6.07) is 3.84. The van der Waals surface area contributed by atoms with Gasteiger partial charge in [0.15, 0.2) is 0 Å². The van der Waals surface area contributed by atoms with Crippen LogP contribution in [0, 0.1) is 5.41 Å². The fourth-order valence-corrected chi connectivity index (χ4v) is 3.74. The number of H-pyrrole nitrogens is 1. The van der Waals surface area contributed by atoms with Crippen LogP contribution in [0.1, 0.15) is 31.9 Å². The van der Waals surface area contributed by atoms with Crippen LogP contribution in [-0.2, 0) is 16.0 Å². The van der Waals surface area contributed by atoms with Crippen LogP contribution < -0.4 is 0 Å². The molecule has 2 unspecified atom stereocenters. The number of aliphatic hydroxyl groups is 1. The summed E-state index contributed by atoms with van der Waals surface area (Å²) >= 11 is 0. The Labute approximate surface area is 125 Å². The summed E-state index contributed by atoms with van der Waals surface area (Å²) in [5, 5.41) is 10.2. The molecule has 5 heteroatoms. The van der Waals surface area contributed by atoms with Crippen molar-refractivity contribution in [2.45, 2.75) is 44.8 Å². The lowest BCUT2D eigenvalue weighted by Gasteiger charge is -2.56. The average molecular weight is 292 g/mol. The molecular weight excluding hydrogens is 268 g/mol. The van der Waals surface area contributed by atoms with E-state index in [4.69, 9.17) is 4.74 Å². The molecule has 2 aliphatic rings. The quantitative estimate of drug-likeness (QED) is 0.880. The maximum absolute atomic E-state index is 12.3. The van der Waals surface area contributed by atoms with E-state index in [1.165, 1.54) is 0 Å². The molecular formula is C16H24N2O3. The highest BCUT2D eigenvalue weighted by Gasteiger charge is 2.56. The molecule has 1 spiro atoms. The minimum atomic E-state index is -0.269. The third kappa shape index (κ3) is 2.60. The van der Waals surface area contributed by atoms with Crippen molar-refractivity contribution in [1.82, 2.24) is 9.88 Å². The summed E-state index contributed by atoms with van der Waals surface area (Å²) in [6.07, 6.45) is 4.59. The van der Waals surface area contributed by atoms with Gasteiger partial charge < -0.3 is 19.7 Å². The van der Waals surface area contributed by atoms with Crippen LogP contribution in [0.25, 0.3) is 0 Å². The van der Waals surface area contributed by atoms with Crippen molar-refractivity contribution in [1.29, 1.82) is 0 Å². The van der Waals surface area contributed by atoms with E-state index in [0.717, 1.165) is 38.0 Å². The molecule has 1 saturated carbocycles. The number of nitrogens with one attached hydrogen (secondary N) is 1. The summed E-state index contributed by atoms with van der Waals surface area (Å²) in [5.41, 5.74) is 0.843. The topological polar surface area (TPSA) is 65.6 Å². The lowest BCUT2D eigenvalue weighted by molar-refractivity contribution is -0.210. The standard InChI is InChI=1S/C16H24N2O3/c1-2-21-14-11-13(19)16(14)5-8-18(9-6-16)15(20)10-12-4-3-7-17-12/h3-4,7,13-14,17,19H,2,5-6,8-11H2,1H3. The van der Waals surface area contributed by atoms with Crippen molar-refractivity contribution in [2.75, 3.05) is 19.7 Å². The monoisotopic (exact) mass is 292 g/mol. The van der Waals surface area contributed by atoms with Gasteiger partial charge in [-0.05, 0) is 31.9 Å². The number of piperidine rings is 1. The first-order valence-electron chi connectivity index (χ1n) is 7.85. The highest BCUT2D eigenvalue weighted by molar-refractivity contribution is 5.78. The molecule has 1 aromatic heterocycles. The van der Waals surface area contributed by atoms with Gasteiger partial charge in [-0.25, -0.2) is 0 Å². The number of aliphatic hydroxyl groups excluding tert-OH is 1. The zero-order valence-corrected chi connectivity index (χ0v) is 12.5. The van der Waals surface area contributed by atoms with E-state index in [-0.39, 0.29) is 23.5 Å². The Hall–Kier alpha value is -1.33. The molecule has 0 bridgehead atoms. The second-order valence-corrected chi connectivity index (χ2v) is 6.18. The molecule has 116 valence electrons. The number of aromatic nitrogens is 1. The number of amides is 1. The van der Waals surface area contributed by atoms with E-state index < -0.39 is 0 Å². The van der Waals surface area contributed by atoms with Gasteiger partial charge >= 0.3 is 0 Å². The van der Waals surface area contributed by atoms with Gasteiger partial charge in [-0.3, -0.25) is 4.79 Å². The highest BCUT2D eigenvalue weighted by Crippen LogP contribution is 2.50. The Balaban J connectivity index is 1.56. The first-order valence-corrected chi connectivity index (χ1v) is 7.85. The molecule has 2 atom stereocenters. The highest BCUT2D eigenvalue weighted by atomic mass is 16.5. The van der Waals surface area contributed by atoms with Gasteiger partial charge in [0, 0.05) is 43.4 Å². The van der Waals surface area contributed by atoms with Crippen LogP contribution in [0.3, 0.4) is 0 Å². The minimum Gasteiger partial charge on any atom is -0.392 e. The third-order valence-electron chi connectivity index (χ3n) is 5.16. The van der Waals surface area contributed by atoms with E-state index in [0.29, 0.717) is 13.0 Å². The van der Waals surface area contributed by atoms with Crippen molar-refractivity contribution in [3.8, 4) is 0 Å². The number of carbonyl (C=O) groups is 1. The van der Waals surface area contributed by atoms with Crippen LogP contribution in [0.15, 0.2) is 18.3 Å². The summed E-state index contributed by atoms with van der Waals surface area (Å²) in [6.45, 7) is 4.13. The Bertz CT molecular complexity index is 476. The van der Waals surface area contributed by atoms with Crippen LogP contribution in [0.4, 0.5) is 0 Å². The van der Waals surface area contributed by atoms with Crippen LogP contribution in [0.2, 0.25) is 0 Å². The molecule has 0 aromatic carbocycles. The van der Waals surface area contributed by atoms with Gasteiger partial charge in [-0.2, -0.15) is 0 Å². The Morgan fingerprint density at radius 2 is 2.29 bits per heavy atom. The van der Waals surface area contributed by atoms with E-state index >= 15 is 0 Å². The van der Waals surface area contributed by atoms with Gasteiger partial charge in [0.2, 0.25) is 5.91 Å². The molecule has 1 amide bonds. The first-order chi connectivity index (χ1) is 10.2. The number of ether oxygens (including phenoxy) is 1. The summed E-state index contributed by atoms with van der Waals surface area (Å²) in [5.74, 6) is 0.161. The lowest BCUT2D eigenvalue weighted by atomic mass is 9.58. The molecule has 1 saturated heterocycles. The van der Waals surface area contributed by atoms with Crippen molar-refractivity contribution in [3.05, 3.63) is 24.0 Å². The number of carbonyl (C=O) groups excluding carboxylic acids is 1. The van der Waals surface area contributed by atoms with E-state index in [9.17, 15) is 9.90 Å². The fourth-order valence-electron chi connectivity index (χ4n) is 3.74. The molecule has 21 heavy (non-hydrogen) atoms. The third-order valence-corrected chi connectivity index (χ3v) is 5.16. The predicted molar refractivity (Wildman–Crippen MR) is 78.8 cm³/mol. The predicted octanol–water partition coefficient (Wildman–Crippen LogP) is 1.34. The summed E-state index contributed by atoms with van der Waals surface area (Å²) in [4.78, 5) is 17.3. The Morgan fingerprint density at radius 1 is 1.52 bits per heavy atom. The van der Waals surface area contributed by atoms with Gasteiger partial charge in [0.25, 0.3) is 0 Å². The smallest absolute Gasteiger partial charge is 0.228 e. The number of hydrogen-bond acceptors (Lipinski definition) is 3. The van der Waals surface area contributed by atoms with Gasteiger partial charge in [0.05, 0.1) is 18.6 Å². The number of hydrogen-bond donors (Lipinski definition) is 2. The molecule has 1 aliphatic heterocycles. The number of aromatic amines is 1. The van der Waals surface area contributed by atoms with Crippen molar-refractivity contribution < 1.29 is 14.6 Å². The van der Waals surface area contributed by atoms with Crippen molar-refractivity contribution in [2.24, 2.45) is 5.41 Å². The van der Waals surface area contributed by atoms with E-state index in [1.807, 2.05) is 30.2 Å². The summed E-state index contributed by atoms with van der Waals surface area (Å²) in [7, 11) is 0. The Kier molecular flexibility index (Phi) is 4.04.